The van der Waals surface area contributed by atoms with Crippen LogP contribution in [-0.2, 0) is 6.18 Å². The van der Waals surface area contributed by atoms with Crippen molar-refractivity contribution >= 4 is 22.6 Å². The monoisotopic (exact) mass is 349 g/mol. The Labute approximate surface area is 138 Å². The van der Waals surface area contributed by atoms with E-state index in [0.717, 1.165) is 12.1 Å². The fraction of sp³-hybridized carbons (Fsp3) is 0.0588. The van der Waals surface area contributed by atoms with Crippen LogP contribution in [0.1, 0.15) is 15.9 Å². The number of para-hydroxylation sites is 2. The van der Waals surface area contributed by atoms with Crippen LogP contribution < -0.4 is 10.9 Å². The number of alkyl halides is 3. The molecule has 0 aliphatic heterocycles. The van der Waals surface area contributed by atoms with Crippen molar-refractivity contribution in [1.82, 2.24) is 0 Å². The normalized spacial score (nSPS) is 11.5. The number of hydrogen-bond acceptors (Lipinski definition) is 4. The molecule has 0 fully saturated rings. The number of carbonyl (C=O) groups excluding carboxylic acids is 1. The van der Waals surface area contributed by atoms with Gasteiger partial charge in [-0.3, -0.25) is 4.79 Å². The summed E-state index contributed by atoms with van der Waals surface area (Å²) < 4.78 is 43.9. The Balaban J connectivity index is 2.07. The molecule has 0 bridgehead atoms. The molecule has 5 nitrogen and oxygen atoms in total. The summed E-state index contributed by atoms with van der Waals surface area (Å²) in [4.78, 5) is 24.2. The Hall–Kier alpha value is -3.29. The van der Waals surface area contributed by atoms with Crippen molar-refractivity contribution in [2.75, 3.05) is 5.32 Å². The molecule has 1 amide bonds. The number of rotatable bonds is 2. The average molecular weight is 349 g/mol. The van der Waals surface area contributed by atoms with Gasteiger partial charge in [-0.1, -0.05) is 24.3 Å². The number of aromatic hydroxyl groups is 1. The predicted octanol–water partition coefficient (Wildman–Crippen LogP) is 3.77. The highest BCUT2D eigenvalue weighted by atomic mass is 19.4. The Morgan fingerprint density at radius 1 is 1.04 bits per heavy atom. The van der Waals surface area contributed by atoms with Crippen LogP contribution in [-0.4, -0.2) is 11.0 Å². The molecule has 0 atom stereocenters. The molecule has 1 heterocycles. The van der Waals surface area contributed by atoms with Crippen molar-refractivity contribution in [3.05, 3.63) is 70.1 Å². The van der Waals surface area contributed by atoms with E-state index in [-0.39, 0.29) is 11.0 Å². The highest BCUT2D eigenvalue weighted by Gasteiger charge is 2.34. The van der Waals surface area contributed by atoms with E-state index in [1.54, 1.807) is 12.1 Å². The van der Waals surface area contributed by atoms with Gasteiger partial charge in [0.2, 0.25) is 0 Å². The van der Waals surface area contributed by atoms with Crippen LogP contribution in [0.3, 0.4) is 0 Å². The van der Waals surface area contributed by atoms with Crippen LogP contribution in [0.4, 0.5) is 18.9 Å². The minimum absolute atomic E-state index is 0.0530. The van der Waals surface area contributed by atoms with E-state index in [1.165, 1.54) is 24.3 Å². The molecule has 0 radical (unpaired) electrons. The van der Waals surface area contributed by atoms with Gasteiger partial charge >= 0.3 is 11.8 Å². The number of amides is 1. The lowest BCUT2D eigenvalue weighted by atomic mass is 10.1. The average Bonchev–Trinajstić information content (AvgIpc) is 2.54. The maximum Gasteiger partial charge on any atom is 0.418 e. The molecule has 128 valence electrons. The second-order valence-corrected chi connectivity index (χ2v) is 5.11. The number of hydrogen-bond donors (Lipinski definition) is 2. The van der Waals surface area contributed by atoms with Gasteiger partial charge < -0.3 is 14.8 Å². The number of benzene rings is 2. The van der Waals surface area contributed by atoms with E-state index < -0.39 is 40.3 Å². The predicted molar refractivity (Wildman–Crippen MR) is 83.5 cm³/mol. The third kappa shape index (κ3) is 3.06. The van der Waals surface area contributed by atoms with Gasteiger partial charge in [-0.05, 0) is 24.3 Å². The lowest BCUT2D eigenvalue weighted by Gasteiger charge is -2.13. The summed E-state index contributed by atoms with van der Waals surface area (Å²) >= 11 is 0. The van der Waals surface area contributed by atoms with Crippen molar-refractivity contribution < 1.29 is 27.5 Å². The minimum atomic E-state index is -4.69. The zero-order valence-electron chi connectivity index (χ0n) is 12.4. The highest BCUT2D eigenvalue weighted by Crippen LogP contribution is 2.35. The van der Waals surface area contributed by atoms with Gasteiger partial charge in [0.15, 0.2) is 5.56 Å². The third-order valence-corrected chi connectivity index (χ3v) is 3.49. The molecule has 1 aromatic heterocycles. The van der Waals surface area contributed by atoms with Gasteiger partial charge in [0.1, 0.15) is 11.3 Å². The summed E-state index contributed by atoms with van der Waals surface area (Å²) in [6, 6.07) is 10.2. The molecule has 0 aliphatic rings. The molecule has 3 aromatic rings. The zero-order valence-corrected chi connectivity index (χ0v) is 12.4. The molecule has 2 aromatic carbocycles. The second-order valence-electron chi connectivity index (χ2n) is 5.11. The van der Waals surface area contributed by atoms with Crippen molar-refractivity contribution in [2.45, 2.75) is 6.18 Å². The smallest absolute Gasteiger partial charge is 0.418 e. The van der Waals surface area contributed by atoms with Crippen LogP contribution in [0.25, 0.3) is 11.0 Å². The molecule has 2 N–H and O–H groups in total. The minimum Gasteiger partial charge on any atom is -0.506 e. The zero-order chi connectivity index (χ0) is 18.2. The van der Waals surface area contributed by atoms with E-state index in [2.05, 4.69) is 0 Å². The summed E-state index contributed by atoms with van der Waals surface area (Å²) in [6.07, 6.45) is -4.69. The number of fused-ring (bicyclic) bond motifs is 1. The van der Waals surface area contributed by atoms with Crippen molar-refractivity contribution in [3.63, 3.8) is 0 Å². The molecule has 0 saturated heterocycles. The highest BCUT2D eigenvalue weighted by molar-refractivity contribution is 6.08. The standard InChI is InChI=1S/C17H10F3NO4/c18-17(19,20)10-6-2-3-7-11(10)21-15(23)13-14(22)9-5-1-4-8-12(9)25-16(13)24/h1-8,22H,(H,21,23). The number of carbonyl (C=O) groups is 1. The molecule has 0 unspecified atom stereocenters. The van der Waals surface area contributed by atoms with E-state index in [4.69, 9.17) is 4.42 Å². The van der Waals surface area contributed by atoms with E-state index in [0.29, 0.717) is 0 Å². The number of anilines is 1. The van der Waals surface area contributed by atoms with Crippen molar-refractivity contribution in [1.29, 1.82) is 0 Å². The first-order valence-electron chi connectivity index (χ1n) is 7.01. The van der Waals surface area contributed by atoms with Gasteiger partial charge in [0.05, 0.1) is 16.6 Å². The van der Waals surface area contributed by atoms with Crippen molar-refractivity contribution in [2.24, 2.45) is 0 Å². The summed E-state index contributed by atoms with van der Waals surface area (Å²) in [6.45, 7) is 0. The lowest BCUT2D eigenvalue weighted by Crippen LogP contribution is -2.22. The molecule has 0 aliphatic carbocycles. The van der Waals surface area contributed by atoms with Crippen molar-refractivity contribution in [3.8, 4) is 5.75 Å². The molecule has 0 spiro atoms. The largest absolute Gasteiger partial charge is 0.506 e. The Bertz CT molecular complexity index is 1020. The van der Waals surface area contributed by atoms with Crippen LogP contribution in [0, 0.1) is 0 Å². The summed E-state index contributed by atoms with van der Waals surface area (Å²) in [5, 5.41) is 12.3. The Morgan fingerprint density at radius 2 is 1.68 bits per heavy atom. The SMILES string of the molecule is O=C(Nc1ccccc1C(F)(F)F)c1c(O)c2ccccc2oc1=O. The molecule has 0 saturated carbocycles. The van der Waals surface area contributed by atoms with Crippen LogP contribution in [0.2, 0.25) is 0 Å². The van der Waals surface area contributed by atoms with Gasteiger partial charge in [0, 0.05) is 0 Å². The van der Waals surface area contributed by atoms with E-state index >= 15 is 0 Å². The van der Waals surface area contributed by atoms with Gasteiger partial charge in [-0.15, -0.1) is 0 Å². The van der Waals surface area contributed by atoms with Gasteiger partial charge in [0.25, 0.3) is 5.91 Å². The number of nitrogens with one attached hydrogen (secondary N) is 1. The van der Waals surface area contributed by atoms with Gasteiger partial charge in [-0.25, -0.2) is 4.79 Å². The van der Waals surface area contributed by atoms with Crippen LogP contribution >= 0.6 is 0 Å². The Kier molecular flexibility index (Phi) is 3.96. The maximum absolute atomic E-state index is 13.0. The van der Waals surface area contributed by atoms with E-state index in [1.807, 2.05) is 5.32 Å². The summed E-state index contributed by atoms with van der Waals surface area (Å²) in [7, 11) is 0. The summed E-state index contributed by atoms with van der Waals surface area (Å²) in [5.41, 5.74) is -3.48. The van der Waals surface area contributed by atoms with E-state index in [9.17, 15) is 27.9 Å². The molecule has 25 heavy (non-hydrogen) atoms. The lowest BCUT2D eigenvalue weighted by molar-refractivity contribution is -0.136. The maximum atomic E-state index is 13.0. The topological polar surface area (TPSA) is 79.5 Å². The van der Waals surface area contributed by atoms with Crippen LogP contribution in [0.15, 0.2) is 57.7 Å². The molecular weight excluding hydrogens is 339 g/mol. The first-order valence-corrected chi connectivity index (χ1v) is 7.01. The first-order chi connectivity index (χ1) is 11.8. The van der Waals surface area contributed by atoms with Gasteiger partial charge in [-0.2, -0.15) is 13.2 Å². The quantitative estimate of drug-likeness (QED) is 0.690. The third-order valence-electron chi connectivity index (χ3n) is 3.49. The molecular formula is C17H10F3NO4. The Morgan fingerprint density at radius 3 is 2.40 bits per heavy atom. The number of halogens is 3. The molecule has 8 heteroatoms. The fourth-order valence-corrected chi connectivity index (χ4v) is 2.36. The molecule has 3 rings (SSSR count). The first kappa shape index (κ1) is 16.6. The second kappa shape index (κ2) is 5.97. The summed E-state index contributed by atoms with van der Waals surface area (Å²) in [5.74, 6) is -1.86. The fourth-order valence-electron chi connectivity index (χ4n) is 2.36. The van der Waals surface area contributed by atoms with Crippen LogP contribution in [0.5, 0.6) is 5.75 Å².